The maximum absolute atomic E-state index is 9.68. The number of hydrogen-bond donors (Lipinski definition) is 1. The average Bonchev–Trinajstić information content (AvgIpc) is 2.98. The fourth-order valence-corrected chi connectivity index (χ4v) is 2.62. The van der Waals surface area contributed by atoms with E-state index in [1.165, 1.54) is 6.39 Å². The molecule has 102 valence electrons. The molecule has 0 bridgehead atoms. The maximum atomic E-state index is 9.68. The lowest BCUT2D eigenvalue weighted by Crippen LogP contribution is -1.86. The maximum Gasteiger partial charge on any atom is 0.182 e. The van der Waals surface area contributed by atoms with Crippen molar-refractivity contribution in [3.05, 3.63) is 54.6 Å². The van der Waals surface area contributed by atoms with Crippen LogP contribution in [0, 0.1) is 6.92 Å². The van der Waals surface area contributed by atoms with Crippen molar-refractivity contribution in [2.24, 2.45) is 0 Å². The van der Waals surface area contributed by atoms with Crippen LogP contribution < -0.4 is 0 Å². The van der Waals surface area contributed by atoms with Crippen molar-refractivity contribution in [2.75, 3.05) is 0 Å². The highest BCUT2D eigenvalue weighted by Crippen LogP contribution is 2.32. The quantitative estimate of drug-likeness (QED) is 0.569. The van der Waals surface area contributed by atoms with E-state index in [9.17, 15) is 5.11 Å². The molecule has 2 aromatic heterocycles. The van der Waals surface area contributed by atoms with Crippen LogP contribution >= 0.6 is 0 Å². The number of nitrogens with zero attached hydrogens (tertiary/aromatic N) is 2. The number of oxazole rings is 1. The monoisotopic (exact) mass is 276 g/mol. The van der Waals surface area contributed by atoms with E-state index < -0.39 is 0 Å². The molecule has 0 saturated carbocycles. The second-order valence-corrected chi connectivity index (χ2v) is 5.02. The lowest BCUT2D eigenvalue weighted by atomic mass is 9.99. The van der Waals surface area contributed by atoms with E-state index >= 15 is 0 Å². The van der Waals surface area contributed by atoms with E-state index in [1.54, 1.807) is 12.3 Å². The standard InChI is InChI=1S/C17H12N2O2/c1-10-8-11(2-4-14(10)20)12-6-7-18-16-13(12)3-5-15-17(16)19-9-21-15/h2-9,20H,1H3. The lowest BCUT2D eigenvalue weighted by molar-refractivity contribution is 0.471. The van der Waals surface area contributed by atoms with Crippen LogP contribution in [0.1, 0.15) is 5.56 Å². The molecule has 2 aromatic carbocycles. The van der Waals surface area contributed by atoms with Gasteiger partial charge < -0.3 is 9.52 Å². The molecule has 4 heteroatoms. The van der Waals surface area contributed by atoms with Crippen molar-refractivity contribution in [3.63, 3.8) is 0 Å². The minimum atomic E-state index is 0.302. The highest BCUT2D eigenvalue weighted by atomic mass is 16.3. The minimum Gasteiger partial charge on any atom is -0.508 e. The fraction of sp³-hybridized carbons (Fsp3) is 0.0588. The van der Waals surface area contributed by atoms with Crippen LogP contribution in [0.2, 0.25) is 0 Å². The predicted molar refractivity (Wildman–Crippen MR) is 81.1 cm³/mol. The molecule has 21 heavy (non-hydrogen) atoms. The molecule has 0 aliphatic carbocycles. The van der Waals surface area contributed by atoms with Crippen LogP contribution in [0.4, 0.5) is 0 Å². The summed E-state index contributed by atoms with van der Waals surface area (Å²) in [7, 11) is 0. The van der Waals surface area contributed by atoms with Gasteiger partial charge >= 0.3 is 0 Å². The highest BCUT2D eigenvalue weighted by molar-refractivity contribution is 6.06. The van der Waals surface area contributed by atoms with Crippen LogP contribution in [0.3, 0.4) is 0 Å². The van der Waals surface area contributed by atoms with Crippen LogP contribution in [-0.2, 0) is 0 Å². The van der Waals surface area contributed by atoms with Crippen LogP contribution in [-0.4, -0.2) is 15.1 Å². The Labute approximate surface area is 120 Å². The van der Waals surface area contributed by atoms with E-state index in [0.29, 0.717) is 5.75 Å². The summed E-state index contributed by atoms with van der Waals surface area (Å²) >= 11 is 0. The fourth-order valence-electron chi connectivity index (χ4n) is 2.62. The smallest absolute Gasteiger partial charge is 0.182 e. The number of fused-ring (bicyclic) bond motifs is 3. The number of phenolic OH excluding ortho intramolecular Hbond substituents is 1. The van der Waals surface area contributed by atoms with Gasteiger partial charge in [-0.05, 0) is 53.9 Å². The molecule has 0 radical (unpaired) electrons. The van der Waals surface area contributed by atoms with Gasteiger partial charge in [0.05, 0.1) is 0 Å². The Bertz CT molecular complexity index is 973. The van der Waals surface area contributed by atoms with Gasteiger partial charge in [0.1, 0.15) is 16.8 Å². The number of pyridine rings is 1. The number of benzene rings is 2. The Morgan fingerprint density at radius 3 is 2.76 bits per heavy atom. The molecule has 1 N–H and O–H groups in total. The summed E-state index contributed by atoms with van der Waals surface area (Å²) in [5, 5.41) is 10.7. The molecule has 0 aliphatic heterocycles. The van der Waals surface area contributed by atoms with Crippen molar-refractivity contribution in [1.29, 1.82) is 0 Å². The summed E-state index contributed by atoms with van der Waals surface area (Å²) in [4.78, 5) is 8.68. The minimum absolute atomic E-state index is 0.302. The van der Waals surface area contributed by atoms with Crippen molar-refractivity contribution < 1.29 is 9.52 Å². The third kappa shape index (κ3) is 1.76. The second-order valence-electron chi connectivity index (χ2n) is 5.02. The molecule has 4 nitrogen and oxygen atoms in total. The Morgan fingerprint density at radius 1 is 1.00 bits per heavy atom. The first kappa shape index (κ1) is 11.9. The second kappa shape index (κ2) is 4.31. The van der Waals surface area contributed by atoms with Gasteiger partial charge in [-0.2, -0.15) is 0 Å². The van der Waals surface area contributed by atoms with Crippen LogP contribution in [0.25, 0.3) is 33.1 Å². The number of hydrogen-bond acceptors (Lipinski definition) is 4. The van der Waals surface area contributed by atoms with Gasteiger partial charge in [-0.1, -0.05) is 6.07 Å². The van der Waals surface area contributed by atoms with Gasteiger partial charge in [0.15, 0.2) is 12.0 Å². The summed E-state index contributed by atoms with van der Waals surface area (Å²) < 4.78 is 5.32. The Hall–Kier alpha value is -2.88. The largest absolute Gasteiger partial charge is 0.508 e. The lowest BCUT2D eigenvalue weighted by Gasteiger charge is -2.08. The number of rotatable bonds is 1. The molecule has 0 saturated heterocycles. The molecule has 4 rings (SSSR count). The zero-order valence-electron chi connectivity index (χ0n) is 11.4. The van der Waals surface area contributed by atoms with E-state index in [-0.39, 0.29) is 0 Å². The van der Waals surface area contributed by atoms with Gasteiger partial charge in [-0.15, -0.1) is 0 Å². The summed E-state index contributed by atoms with van der Waals surface area (Å²) in [6, 6.07) is 11.5. The molecular weight excluding hydrogens is 264 g/mol. The molecule has 0 spiro atoms. The van der Waals surface area contributed by atoms with Gasteiger partial charge in [-0.25, -0.2) is 4.98 Å². The van der Waals surface area contributed by atoms with Gasteiger partial charge in [0.2, 0.25) is 0 Å². The molecular formula is C17H12N2O2. The normalized spacial score (nSPS) is 11.3. The van der Waals surface area contributed by atoms with Crippen molar-refractivity contribution in [3.8, 4) is 16.9 Å². The van der Waals surface area contributed by atoms with Gasteiger partial charge in [0.25, 0.3) is 0 Å². The number of aryl methyl sites for hydroxylation is 1. The van der Waals surface area contributed by atoms with E-state index in [2.05, 4.69) is 9.97 Å². The zero-order chi connectivity index (χ0) is 14.4. The summed E-state index contributed by atoms with van der Waals surface area (Å²) in [6.07, 6.45) is 3.21. The van der Waals surface area contributed by atoms with E-state index in [1.807, 2.05) is 37.3 Å². The first-order chi connectivity index (χ1) is 10.2. The first-order valence-electron chi connectivity index (χ1n) is 6.65. The number of aromatic nitrogens is 2. The third-order valence-corrected chi connectivity index (χ3v) is 3.72. The summed E-state index contributed by atoms with van der Waals surface area (Å²) in [6.45, 7) is 1.89. The molecule has 0 aliphatic rings. The Morgan fingerprint density at radius 2 is 1.90 bits per heavy atom. The van der Waals surface area contributed by atoms with E-state index in [0.717, 1.165) is 38.7 Å². The average molecular weight is 276 g/mol. The summed E-state index contributed by atoms with van der Waals surface area (Å²) in [5.74, 6) is 0.302. The van der Waals surface area contributed by atoms with E-state index in [4.69, 9.17) is 4.42 Å². The molecule has 0 unspecified atom stereocenters. The third-order valence-electron chi connectivity index (χ3n) is 3.72. The van der Waals surface area contributed by atoms with Gasteiger partial charge in [-0.3, -0.25) is 4.98 Å². The molecule has 2 heterocycles. The Balaban J connectivity index is 2.06. The SMILES string of the molecule is Cc1cc(-c2ccnc3c2ccc2ocnc23)ccc1O. The number of phenols is 1. The van der Waals surface area contributed by atoms with Crippen molar-refractivity contribution in [1.82, 2.24) is 9.97 Å². The van der Waals surface area contributed by atoms with Crippen LogP contribution in [0.15, 0.2) is 53.4 Å². The topological polar surface area (TPSA) is 59.2 Å². The molecule has 4 aromatic rings. The highest BCUT2D eigenvalue weighted by Gasteiger charge is 2.10. The summed E-state index contributed by atoms with van der Waals surface area (Å²) in [5.41, 5.74) is 5.27. The van der Waals surface area contributed by atoms with Crippen molar-refractivity contribution in [2.45, 2.75) is 6.92 Å². The molecule has 0 amide bonds. The number of aromatic hydroxyl groups is 1. The predicted octanol–water partition coefficient (Wildman–Crippen LogP) is 4.06. The molecule has 0 fully saturated rings. The first-order valence-corrected chi connectivity index (χ1v) is 6.65. The van der Waals surface area contributed by atoms with Crippen LogP contribution in [0.5, 0.6) is 5.75 Å². The van der Waals surface area contributed by atoms with Crippen molar-refractivity contribution >= 4 is 22.0 Å². The van der Waals surface area contributed by atoms with Gasteiger partial charge in [0, 0.05) is 11.6 Å². The zero-order valence-corrected chi connectivity index (χ0v) is 11.4. The Kier molecular flexibility index (Phi) is 2.44. The molecule has 0 atom stereocenters.